The van der Waals surface area contributed by atoms with Crippen LogP contribution in [0.25, 0.3) is 11.5 Å². The summed E-state index contributed by atoms with van der Waals surface area (Å²) in [6.07, 6.45) is 0. The van der Waals surface area contributed by atoms with Gasteiger partial charge in [0.2, 0.25) is 11.8 Å². The molecule has 3 aromatic rings. The molecule has 0 saturated heterocycles. The highest BCUT2D eigenvalue weighted by Crippen LogP contribution is 2.28. The van der Waals surface area contributed by atoms with Gasteiger partial charge in [0.25, 0.3) is 5.22 Å². The molecule has 0 fully saturated rings. The predicted octanol–water partition coefficient (Wildman–Crippen LogP) is 5.47. The van der Waals surface area contributed by atoms with Crippen LogP contribution < -0.4 is 5.32 Å². The number of rotatable bonds is 5. The predicted molar refractivity (Wildman–Crippen MR) is 105 cm³/mol. The first-order chi connectivity index (χ1) is 12.4. The van der Waals surface area contributed by atoms with Gasteiger partial charge in [-0.05, 0) is 44.2 Å². The molecule has 1 aromatic heterocycles. The lowest BCUT2D eigenvalue weighted by atomic mass is 10.1. The highest BCUT2D eigenvalue weighted by Gasteiger charge is 2.19. The monoisotopic (exact) mass is 407 g/mol. The Balaban J connectivity index is 1.65. The number of anilines is 1. The Kier molecular flexibility index (Phi) is 5.86. The molecule has 3 rings (SSSR count). The van der Waals surface area contributed by atoms with Crippen LogP contribution in [-0.4, -0.2) is 21.4 Å². The summed E-state index contributed by atoms with van der Waals surface area (Å²) >= 11 is 13.1. The van der Waals surface area contributed by atoms with Crippen molar-refractivity contribution in [3.05, 3.63) is 58.1 Å². The van der Waals surface area contributed by atoms with E-state index < -0.39 is 5.25 Å². The zero-order chi connectivity index (χ0) is 18.7. The number of nitrogens with one attached hydrogen (secondary N) is 1. The van der Waals surface area contributed by atoms with Gasteiger partial charge in [0.05, 0.1) is 5.25 Å². The highest BCUT2D eigenvalue weighted by molar-refractivity contribution is 8.00. The maximum Gasteiger partial charge on any atom is 0.277 e. The number of benzene rings is 2. The van der Waals surface area contributed by atoms with E-state index in [2.05, 4.69) is 15.5 Å². The first-order valence-corrected chi connectivity index (χ1v) is 9.38. The summed E-state index contributed by atoms with van der Waals surface area (Å²) in [6, 6.07) is 12.6. The van der Waals surface area contributed by atoms with Gasteiger partial charge >= 0.3 is 0 Å². The fraction of sp³-hybridized carbons (Fsp3) is 0.167. The number of carbonyl (C=O) groups excluding carboxylic acids is 1. The standard InChI is InChI=1S/C18H15Cl2N3O2S/c1-10-3-5-12(6-4-10)17-22-23-18(25-17)26-11(2)16(24)21-15-8-13(19)7-14(20)9-15/h3-9,11H,1-2H3,(H,21,24)/t11-/m1/s1. The third-order valence-corrected chi connectivity index (χ3v) is 4.85. The van der Waals surface area contributed by atoms with E-state index in [1.807, 2.05) is 31.2 Å². The van der Waals surface area contributed by atoms with Gasteiger partial charge in [-0.2, -0.15) is 0 Å². The molecule has 1 heterocycles. The number of halogens is 2. The molecule has 1 N–H and O–H groups in total. The van der Waals surface area contributed by atoms with Crippen molar-refractivity contribution < 1.29 is 9.21 Å². The van der Waals surface area contributed by atoms with Crippen molar-refractivity contribution >= 4 is 46.6 Å². The van der Waals surface area contributed by atoms with Crippen molar-refractivity contribution in [3.8, 4) is 11.5 Å². The zero-order valence-electron chi connectivity index (χ0n) is 14.0. The molecule has 2 aromatic carbocycles. The van der Waals surface area contributed by atoms with Crippen molar-refractivity contribution in [2.24, 2.45) is 0 Å². The van der Waals surface area contributed by atoms with Crippen molar-refractivity contribution in [1.82, 2.24) is 10.2 Å². The van der Waals surface area contributed by atoms with Gasteiger partial charge < -0.3 is 9.73 Å². The number of aryl methyl sites for hydroxylation is 1. The minimum Gasteiger partial charge on any atom is -0.411 e. The first kappa shape index (κ1) is 18.8. The van der Waals surface area contributed by atoms with E-state index in [0.29, 0.717) is 26.8 Å². The van der Waals surface area contributed by atoms with Crippen molar-refractivity contribution in [1.29, 1.82) is 0 Å². The van der Waals surface area contributed by atoms with Crippen molar-refractivity contribution in [3.63, 3.8) is 0 Å². The van der Waals surface area contributed by atoms with Crippen LogP contribution in [0.5, 0.6) is 0 Å². The zero-order valence-corrected chi connectivity index (χ0v) is 16.3. The van der Waals surface area contributed by atoms with Gasteiger partial charge in [-0.15, -0.1) is 10.2 Å². The lowest BCUT2D eigenvalue weighted by Gasteiger charge is -2.10. The smallest absolute Gasteiger partial charge is 0.277 e. The van der Waals surface area contributed by atoms with Crippen LogP contribution >= 0.6 is 35.0 Å². The average Bonchev–Trinajstić information content (AvgIpc) is 3.03. The van der Waals surface area contributed by atoms with Gasteiger partial charge in [0.1, 0.15) is 0 Å². The Morgan fingerprint density at radius 2 is 1.77 bits per heavy atom. The number of nitrogens with zero attached hydrogens (tertiary/aromatic N) is 2. The van der Waals surface area contributed by atoms with E-state index >= 15 is 0 Å². The molecule has 1 atom stereocenters. The first-order valence-electron chi connectivity index (χ1n) is 7.75. The summed E-state index contributed by atoms with van der Waals surface area (Å²) in [6.45, 7) is 3.76. The summed E-state index contributed by atoms with van der Waals surface area (Å²) in [5.41, 5.74) is 2.51. The second-order valence-electron chi connectivity index (χ2n) is 5.65. The second kappa shape index (κ2) is 8.12. The molecule has 26 heavy (non-hydrogen) atoms. The third-order valence-electron chi connectivity index (χ3n) is 3.48. The molecular weight excluding hydrogens is 393 g/mol. The van der Waals surface area contributed by atoms with Gasteiger partial charge in [0.15, 0.2) is 0 Å². The molecule has 8 heteroatoms. The summed E-state index contributed by atoms with van der Waals surface area (Å²) in [7, 11) is 0. The SMILES string of the molecule is Cc1ccc(-c2nnc(S[C@H](C)C(=O)Nc3cc(Cl)cc(Cl)c3)o2)cc1. The van der Waals surface area contributed by atoms with Crippen LogP contribution in [0.1, 0.15) is 12.5 Å². The van der Waals surface area contributed by atoms with E-state index in [4.69, 9.17) is 27.6 Å². The second-order valence-corrected chi connectivity index (χ2v) is 7.81. The lowest BCUT2D eigenvalue weighted by Crippen LogP contribution is -2.22. The van der Waals surface area contributed by atoms with Crippen LogP contribution in [0.3, 0.4) is 0 Å². The van der Waals surface area contributed by atoms with Crippen LogP contribution in [0.4, 0.5) is 5.69 Å². The normalized spacial score (nSPS) is 12.0. The van der Waals surface area contributed by atoms with Crippen molar-refractivity contribution in [2.75, 3.05) is 5.32 Å². The molecule has 0 aliphatic carbocycles. The van der Waals surface area contributed by atoms with E-state index in [9.17, 15) is 4.79 Å². The Morgan fingerprint density at radius 1 is 1.12 bits per heavy atom. The van der Waals surface area contributed by atoms with Crippen LogP contribution in [0.15, 0.2) is 52.1 Å². The Hall–Kier alpha value is -2.02. The highest BCUT2D eigenvalue weighted by atomic mass is 35.5. The maximum atomic E-state index is 12.3. The van der Waals surface area contributed by atoms with E-state index in [1.54, 1.807) is 25.1 Å². The molecule has 0 unspecified atom stereocenters. The Morgan fingerprint density at radius 3 is 2.42 bits per heavy atom. The minimum atomic E-state index is -0.445. The molecule has 5 nitrogen and oxygen atoms in total. The minimum absolute atomic E-state index is 0.219. The Labute approximate surface area is 165 Å². The largest absolute Gasteiger partial charge is 0.411 e. The quantitative estimate of drug-likeness (QED) is 0.567. The summed E-state index contributed by atoms with van der Waals surface area (Å²) in [5, 5.41) is 11.6. The number of hydrogen-bond donors (Lipinski definition) is 1. The van der Waals surface area contributed by atoms with Gasteiger partial charge in [-0.25, -0.2) is 0 Å². The van der Waals surface area contributed by atoms with E-state index in [0.717, 1.165) is 11.1 Å². The van der Waals surface area contributed by atoms with Crippen molar-refractivity contribution in [2.45, 2.75) is 24.3 Å². The van der Waals surface area contributed by atoms with E-state index in [1.165, 1.54) is 11.8 Å². The van der Waals surface area contributed by atoms with Crippen LogP contribution in [0.2, 0.25) is 10.0 Å². The molecular formula is C18H15Cl2N3O2S. The fourth-order valence-corrected chi connectivity index (χ4v) is 3.35. The number of thioether (sulfide) groups is 1. The third kappa shape index (κ3) is 4.78. The molecule has 0 spiro atoms. The maximum absolute atomic E-state index is 12.3. The molecule has 0 aliphatic rings. The van der Waals surface area contributed by atoms with Crippen LogP contribution in [0, 0.1) is 6.92 Å². The summed E-state index contributed by atoms with van der Waals surface area (Å²) in [4.78, 5) is 12.3. The molecule has 0 bridgehead atoms. The Bertz CT molecular complexity index is 908. The van der Waals surface area contributed by atoms with Crippen LogP contribution in [-0.2, 0) is 4.79 Å². The lowest BCUT2D eigenvalue weighted by molar-refractivity contribution is -0.115. The fourth-order valence-electron chi connectivity index (χ4n) is 2.14. The average molecular weight is 408 g/mol. The molecule has 0 saturated carbocycles. The number of carbonyl (C=O) groups is 1. The molecule has 0 aliphatic heterocycles. The molecule has 1 amide bonds. The number of aromatic nitrogens is 2. The molecule has 134 valence electrons. The van der Waals surface area contributed by atoms with Gasteiger partial charge in [0, 0.05) is 21.3 Å². The summed E-state index contributed by atoms with van der Waals surface area (Å²) in [5.74, 6) is 0.199. The topological polar surface area (TPSA) is 68.0 Å². The number of amides is 1. The summed E-state index contributed by atoms with van der Waals surface area (Å²) < 4.78 is 5.64. The van der Waals surface area contributed by atoms with Gasteiger partial charge in [-0.3, -0.25) is 4.79 Å². The van der Waals surface area contributed by atoms with Gasteiger partial charge in [-0.1, -0.05) is 52.7 Å². The van der Waals surface area contributed by atoms with E-state index in [-0.39, 0.29) is 5.91 Å². The molecule has 0 radical (unpaired) electrons. The number of hydrogen-bond acceptors (Lipinski definition) is 5.